The molecular weight excluding hydrogens is 268 g/mol. The fourth-order valence-electron chi connectivity index (χ4n) is 2.88. The zero-order valence-electron chi connectivity index (χ0n) is 12.4. The Bertz CT molecular complexity index is 603. The van der Waals surface area contributed by atoms with Crippen LogP contribution < -0.4 is 0 Å². The molecule has 6 nitrogen and oxygen atoms in total. The first-order valence-corrected chi connectivity index (χ1v) is 7.11. The van der Waals surface area contributed by atoms with E-state index in [1.807, 2.05) is 11.1 Å². The van der Waals surface area contributed by atoms with Crippen molar-refractivity contribution >= 4 is 5.91 Å². The van der Waals surface area contributed by atoms with Crippen LogP contribution in [0.3, 0.4) is 0 Å². The SMILES string of the molecule is CN(C)CC1CN(C(=O)c2ccco2)Cc2nccn2C1. The smallest absolute Gasteiger partial charge is 0.289 e. The zero-order valence-corrected chi connectivity index (χ0v) is 12.4. The summed E-state index contributed by atoms with van der Waals surface area (Å²) in [6.07, 6.45) is 5.31. The van der Waals surface area contributed by atoms with Gasteiger partial charge in [-0.15, -0.1) is 0 Å². The summed E-state index contributed by atoms with van der Waals surface area (Å²) in [4.78, 5) is 20.9. The fourth-order valence-corrected chi connectivity index (χ4v) is 2.88. The molecule has 6 heteroatoms. The van der Waals surface area contributed by atoms with Crippen LogP contribution in [0.2, 0.25) is 0 Å². The summed E-state index contributed by atoms with van der Waals surface area (Å²) < 4.78 is 7.39. The average molecular weight is 288 g/mol. The number of carbonyl (C=O) groups is 1. The van der Waals surface area contributed by atoms with Gasteiger partial charge in [0.05, 0.1) is 12.8 Å². The van der Waals surface area contributed by atoms with Crippen LogP contribution in [0.4, 0.5) is 0 Å². The molecular formula is C15H20N4O2. The van der Waals surface area contributed by atoms with Crippen LogP contribution in [0.1, 0.15) is 16.4 Å². The third-order valence-electron chi connectivity index (χ3n) is 3.71. The van der Waals surface area contributed by atoms with Gasteiger partial charge in [-0.3, -0.25) is 4.79 Å². The number of hydrogen-bond acceptors (Lipinski definition) is 4. The van der Waals surface area contributed by atoms with Gasteiger partial charge in [0.15, 0.2) is 5.76 Å². The second-order valence-electron chi connectivity index (χ2n) is 5.79. The minimum atomic E-state index is -0.0693. The van der Waals surface area contributed by atoms with Gasteiger partial charge in [0.2, 0.25) is 0 Å². The number of amides is 1. The standard InChI is InChI=1S/C15H20N4O2/c1-17(2)8-12-9-18-6-5-16-14(18)11-19(10-12)15(20)13-4-3-7-21-13/h3-7,12H,8-11H2,1-2H3. The lowest BCUT2D eigenvalue weighted by molar-refractivity contribution is 0.0678. The van der Waals surface area contributed by atoms with E-state index in [-0.39, 0.29) is 5.91 Å². The topological polar surface area (TPSA) is 54.5 Å². The van der Waals surface area contributed by atoms with Gasteiger partial charge in [0.1, 0.15) is 5.82 Å². The first-order chi connectivity index (χ1) is 10.1. The minimum absolute atomic E-state index is 0.0693. The zero-order chi connectivity index (χ0) is 14.8. The number of imidazole rings is 1. The number of aromatic nitrogens is 2. The summed E-state index contributed by atoms with van der Waals surface area (Å²) in [5.41, 5.74) is 0. The molecule has 0 bridgehead atoms. The normalized spacial score (nSPS) is 18.6. The maximum absolute atomic E-state index is 12.6. The summed E-state index contributed by atoms with van der Waals surface area (Å²) in [7, 11) is 4.11. The van der Waals surface area contributed by atoms with Crippen molar-refractivity contribution in [2.24, 2.45) is 5.92 Å². The summed E-state index contributed by atoms with van der Waals surface area (Å²) in [6.45, 7) is 3.05. The Hall–Kier alpha value is -2.08. The van der Waals surface area contributed by atoms with Crippen LogP contribution in [0.25, 0.3) is 0 Å². The number of fused-ring (bicyclic) bond motifs is 1. The molecule has 0 aliphatic carbocycles. The van der Waals surface area contributed by atoms with Crippen LogP contribution in [0.15, 0.2) is 35.2 Å². The van der Waals surface area contributed by atoms with E-state index in [9.17, 15) is 4.79 Å². The molecule has 0 N–H and O–H groups in total. The molecule has 3 heterocycles. The minimum Gasteiger partial charge on any atom is -0.459 e. The van der Waals surface area contributed by atoms with Crippen molar-refractivity contribution in [2.45, 2.75) is 13.1 Å². The van der Waals surface area contributed by atoms with Crippen LogP contribution in [0, 0.1) is 5.92 Å². The molecule has 2 aromatic rings. The molecule has 1 aliphatic rings. The molecule has 1 aliphatic heterocycles. The van der Waals surface area contributed by atoms with Gasteiger partial charge >= 0.3 is 0 Å². The maximum atomic E-state index is 12.6. The van der Waals surface area contributed by atoms with Gasteiger partial charge in [0.25, 0.3) is 5.91 Å². The first-order valence-electron chi connectivity index (χ1n) is 7.11. The maximum Gasteiger partial charge on any atom is 0.289 e. The quantitative estimate of drug-likeness (QED) is 0.854. The lowest BCUT2D eigenvalue weighted by atomic mass is 10.1. The Kier molecular flexibility index (Phi) is 3.79. The molecule has 2 aromatic heterocycles. The van der Waals surface area contributed by atoms with Crippen LogP contribution >= 0.6 is 0 Å². The highest BCUT2D eigenvalue weighted by Crippen LogP contribution is 2.18. The molecule has 3 rings (SSSR count). The highest BCUT2D eigenvalue weighted by Gasteiger charge is 2.27. The lowest BCUT2D eigenvalue weighted by Gasteiger charge is -2.25. The van der Waals surface area contributed by atoms with E-state index >= 15 is 0 Å². The third-order valence-corrected chi connectivity index (χ3v) is 3.71. The summed E-state index contributed by atoms with van der Waals surface area (Å²) in [6, 6.07) is 3.45. The predicted molar refractivity (Wildman–Crippen MR) is 77.7 cm³/mol. The van der Waals surface area contributed by atoms with E-state index in [1.165, 1.54) is 6.26 Å². The highest BCUT2D eigenvalue weighted by atomic mass is 16.3. The predicted octanol–water partition coefficient (Wildman–Crippen LogP) is 1.31. The lowest BCUT2D eigenvalue weighted by Crippen LogP contribution is -2.37. The molecule has 0 aromatic carbocycles. The van der Waals surface area contributed by atoms with E-state index in [0.717, 1.165) is 18.9 Å². The van der Waals surface area contributed by atoms with Crippen molar-refractivity contribution in [1.29, 1.82) is 0 Å². The fraction of sp³-hybridized carbons (Fsp3) is 0.467. The number of carbonyl (C=O) groups excluding carboxylic acids is 1. The van der Waals surface area contributed by atoms with Crippen molar-refractivity contribution in [1.82, 2.24) is 19.4 Å². The van der Waals surface area contributed by atoms with Crippen molar-refractivity contribution in [2.75, 3.05) is 27.2 Å². The number of hydrogen-bond donors (Lipinski definition) is 0. The van der Waals surface area contributed by atoms with E-state index in [0.29, 0.717) is 24.8 Å². The second kappa shape index (κ2) is 5.73. The molecule has 0 fully saturated rings. The Labute approximate surface area is 124 Å². The average Bonchev–Trinajstić information content (AvgIpc) is 3.06. The Morgan fingerprint density at radius 3 is 3.05 bits per heavy atom. The second-order valence-corrected chi connectivity index (χ2v) is 5.79. The van der Waals surface area contributed by atoms with Crippen molar-refractivity contribution in [3.8, 4) is 0 Å². The molecule has 1 atom stereocenters. The highest BCUT2D eigenvalue weighted by molar-refractivity contribution is 5.91. The van der Waals surface area contributed by atoms with Crippen molar-refractivity contribution in [3.05, 3.63) is 42.4 Å². The first kappa shape index (κ1) is 13.9. The van der Waals surface area contributed by atoms with E-state index in [1.54, 1.807) is 18.3 Å². The van der Waals surface area contributed by atoms with Crippen LogP contribution in [0.5, 0.6) is 0 Å². The van der Waals surface area contributed by atoms with Gasteiger partial charge in [-0.05, 0) is 26.2 Å². The number of nitrogens with zero attached hydrogens (tertiary/aromatic N) is 4. The van der Waals surface area contributed by atoms with E-state index in [4.69, 9.17) is 4.42 Å². The molecule has 0 radical (unpaired) electrons. The number of furan rings is 1. The van der Waals surface area contributed by atoms with Crippen LogP contribution in [-0.4, -0.2) is 52.4 Å². The molecule has 0 saturated carbocycles. The Morgan fingerprint density at radius 2 is 2.33 bits per heavy atom. The monoisotopic (exact) mass is 288 g/mol. The molecule has 1 unspecified atom stereocenters. The Balaban J connectivity index is 1.84. The molecule has 0 spiro atoms. The van der Waals surface area contributed by atoms with Gasteiger partial charge in [-0.25, -0.2) is 4.98 Å². The molecule has 21 heavy (non-hydrogen) atoms. The van der Waals surface area contributed by atoms with Crippen molar-refractivity contribution < 1.29 is 9.21 Å². The number of rotatable bonds is 3. The third kappa shape index (κ3) is 3.00. The van der Waals surface area contributed by atoms with E-state index in [2.05, 4.69) is 28.5 Å². The van der Waals surface area contributed by atoms with Gasteiger partial charge < -0.3 is 18.8 Å². The van der Waals surface area contributed by atoms with Gasteiger partial charge in [-0.1, -0.05) is 0 Å². The Morgan fingerprint density at radius 1 is 1.48 bits per heavy atom. The molecule has 112 valence electrons. The van der Waals surface area contributed by atoms with E-state index < -0.39 is 0 Å². The summed E-state index contributed by atoms with van der Waals surface area (Å²) in [5, 5.41) is 0. The molecule has 0 saturated heterocycles. The summed E-state index contributed by atoms with van der Waals surface area (Å²) >= 11 is 0. The van der Waals surface area contributed by atoms with Gasteiger partial charge in [0, 0.05) is 37.9 Å². The van der Waals surface area contributed by atoms with Gasteiger partial charge in [-0.2, -0.15) is 0 Å². The molecule has 1 amide bonds. The van der Waals surface area contributed by atoms with Crippen LogP contribution in [-0.2, 0) is 13.1 Å². The van der Waals surface area contributed by atoms with Crippen molar-refractivity contribution in [3.63, 3.8) is 0 Å². The largest absolute Gasteiger partial charge is 0.459 e. The summed E-state index contributed by atoms with van der Waals surface area (Å²) in [5.74, 6) is 1.62.